The van der Waals surface area contributed by atoms with Gasteiger partial charge >= 0.3 is 5.97 Å². The molecule has 94 valence electrons. The molecule has 0 spiro atoms. The number of aliphatic carboxylic acids is 1. The average Bonchev–Trinajstić information content (AvgIpc) is 2.34. The Balaban J connectivity index is 2.00. The number of nitrogens with one attached hydrogen (secondary N) is 1. The molecule has 0 bridgehead atoms. The van der Waals surface area contributed by atoms with Crippen LogP contribution in [0.4, 0.5) is 0 Å². The van der Waals surface area contributed by atoms with E-state index in [1.165, 1.54) is 0 Å². The molecule has 0 heterocycles. The van der Waals surface area contributed by atoms with Crippen molar-refractivity contribution in [1.82, 2.24) is 5.32 Å². The number of carboxylic acids is 1. The molecule has 0 saturated heterocycles. The molecule has 0 fully saturated rings. The lowest BCUT2D eigenvalue weighted by molar-refractivity contribution is -0.146. The first-order chi connectivity index (χ1) is 8.20. The third-order valence-corrected chi connectivity index (χ3v) is 2.16. The number of benzene rings is 1. The van der Waals surface area contributed by atoms with E-state index in [1.54, 1.807) is 0 Å². The SMILES string of the molecule is O=C(O)C(O)CNCCOCc1ccccc1. The lowest BCUT2D eigenvalue weighted by Crippen LogP contribution is -2.34. The molecule has 1 aromatic carbocycles. The molecule has 1 unspecified atom stereocenters. The lowest BCUT2D eigenvalue weighted by Gasteiger charge is -2.08. The van der Waals surface area contributed by atoms with Crippen LogP contribution in [0.15, 0.2) is 30.3 Å². The Morgan fingerprint density at radius 2 is 2.06 bits per heavy atom. The Labute approximate surface area is 100 Å². The number of carboxylic acid groups (broad SMARTS) is 1. The van der Waals surface area contributed by atoms with Gasteiger partial charge < -0.3 is 20.3 Å². The van der Waals surface area contributed by atoms with E-state index in [4.69, 9.17) is 14.9 Å². The van der Waals surface area contributed by atoms with Crippen molar-refractivity contribution in [3.63, 3.8) is 0 Å². The van der Waals surface area contributed by atoms with Gasteiger partial charge in [-0.25, -0.2) is 4.79 Å². The summed E-state index contributed by atoms with van der Waals surface area (Å²) in [7, 11) is 0. The zero-order chi connectivity index (χ0) is 12.5. The van der Waals surface area contributed by atoms with Crippen molar-refractivity contribution in [3.05, 3.63) is 35.9 Å². The Bertz CT molecular complexity index is 329. The van der Waals surface area contributed by atoms with Gasteiger partial charge in [0, 0.05) is 13.1 Å². The third kappa shape index (κ3) is 6.01. The van der Waals surface area contributed by atoms with Crippen molar-refractivity contribution >= 4 is 5.97 Å². The van der Waals surface area contributed by atoms with Crippen molar-refractivity contribution in [2.75, 3.05) is 19.7 Å². The number of ether oxygens (including phenoxy) is 1. The maximum Gasteiger partial charge on any atom is 0.333 e. The summed E-state index contributed by atoms with van der Waals surface area (Å²) < 4.78 is 5.37. The molecule has 1 aromatic rings. The minimum Gasteiger partial charge on any atom is -0.479 e. The first kappa shape index (κ1) is 13.6. The summed E-state index contributed by atoms with van der Waals surface area (Å²) in [6, 6.07) is 9.78. The van der Waals surface area contributed by atoms with Gasteiger partial charge in [-0.3, -0.25) is 0 Å². The molecule has 5 heteroatoms. The van der Waals surface area contributed by atoms with Gasteiger partial charge in [0.25, 0.3) is 0 Å². The van der Waals surface area contributed by atoms with Crippen molar-refractivity contribution < 1.29 is 19.7 Å². The highest BCUT2D eigenvalue weighted by Gasteiger charge is 2.11. The zero-order valence-electron chi connectivity index (χ0n) is 9.50. The van der Waals surface area contributed by atoms with Gasteiger partial charge in [0.15, 0.2) is 6.10 Å². The Kier molecular flexibility index (Phi) is 6.24. The highest BCUT2D eigenvalue weighted by Crippen LogP contribution is 1.99. The summed E-state index contributed by atoms with van der Waals surface area (Å²) >= 11 is 0. The van der Waals surface area contributed by atoms with E-state index in [1.807, 2.05) is 30.3 Å². The van der Waals surface area contributed by atoms with Crippen LogP contribution in [0.1, 0.15) is 5.56 Å². The summed E-state index contributed by atoms with van der Waals surface area (Å²) in [5.74, 6) is -1.22. The largest absolute Gasteiger partial charge is 0.479 e. The van der Waals surface area contributed by atoms with Crippen molar-refractivity contribution in [3.8, 4) is 0 Å². The summed E-state index contributed by atoms with van der Waals surface area (Å²) in [6.45, 7) is 1.55. The quantitative estimate of drug-likeness (QED) is 0.566. The molecule has 5 nitrogen and oxygen atoms in total. The number of hydrogen-bond donors (Lipinski definition) is 3. The second kappa shape index (κ2) is 7.78. The van der Waals surface area contributed by atoms with E-state index in [0.717, 1.165) is 5.56 Å². The molecular formula is C12H17NO4. The molecule has 1 rings (SSSR count). The summed E-state index contributed by atoms with van der Waals surface area (Å²) in [6.07, 6.45) is -1.36. The van der Waals surface area contributed by atoms with Crippen molar-refractivity contribution in [1.29, 1.82) is 0 Å². The van der Waals surface area contributed by atoms with Crippen LogP contribution in [0.3, 0.4) is 0 Å². The zero-order valence-corrected chi connectivity index (χ0v) is 9.50. The lowest BCUT2D eigenvalue weighted by atomic mass is 10.2. The van der Waals surface area contributed by atoms with Gasteiger partial charge in [-0.1, -0.05) is 30.3 Å². The fourth-order valence-corrected chi connectivity index (χ4v) is 1.23. The topological polar surface area (TPSA) is 78.8 Å². The van der Waals surface area contributed by atoms with Crippen LogP contribution in [0.5, 0.6) is 0 Å². The highest BCUT2D eigenvalue weighted by atomic mass is 16.5. The van der Waals surface area contributed by atoms with E-state index in [9.17, 15) is 4.79 Å². The summed E-state index contributed by atoms with van der Waals surface area (Å²) in [5, 5.41) is 20.2. The van der Waals surface area contributed by atoms with Crippen LogP contribution < -0.4 is 5.32 Å². The smallest absolute Gasteiger partial charge is 0.333 e. The second-order valence-corrected chi connectivity index (χ2v) is 3.60. The molecule has 0 aliphatic heterocycles. The number of carbonyl (C=O) groups is 1. The van der Waals surface area contributed by atoms with Crippen LogP contribution >= 0.6 is 0 Å². The van der Waals surface area contributed by atoms with Gasteiger partial charge in [0.2, 0.25) is 0 Å². The Morgan fingerprint density at radius 1 is 1.35 bits per heavy atom. The summed E-state index contributed by atoms with van der Waals surface area (Å²) in [4.78, 5) is 10.3. The molecule has 0 aliphatic rings. The molecule has 17 heavy (non-hydrogen) atoms. The molecule has 1 atom stereocenters. The van der Waals surface area contributed by atoms with Crippen molar-refractivity contribution in [2.45, 2.75) is 12.7 Å². The van der Waals surface area contributed by atoms with E-state index in [0.29, 0.717) is 19.8 Å². The number of hydrogen-bond acceptors (Lipinski definition) is 4. The predicted octanol–water partition coefficient (Wildman–Crippen LogP) is 0.238. The Morgan fingerprint density at radius 3 is 2.71 bits per heavy atom. The fourth-order valence-electron chi connectivity index (χ4n) is 1.23. The average molecular weight is 239 g/mol. The molecule has 0 aliphatic carbocycles. The van der Waals surface area contributed by atoms with Crippen LogP contribution in [0.25, 0.3) is 0 Å². The van der Waals surface area contributed by atoms with Crippen LogP contribution in [-0.2, 0) is 16.1 Å². The summed E-state index contributed by atoms with van der Waals surface area (Å²) in [5.41, 5.74) is 1.10. The van der Waals surface area contributed by atoms with Crippen molar-refractivity contribution in [2.24, 2.45) is 0 Å². The van der Waals surface area contributed by atoms with Gasteiger partial charge in [0.1, 0.15) is 0 Å². The minimum atomic E-state index is -1.36. The predicted molar refractivity (Wildman–Crippen MR) is 62.6 cm³/mol. The molecule has 3 N–H and O–H groups in total. The maximum atomic E-state index is 10.3. The maximum absolute atomic E-state index is 10.3. The van der Waals surface area contributed by atoms with Crippen LogP contribution in [0, 0.1) is 0 Å². The van der Waals surface area contributed by atoms with E-state index >= 15 is 0 Å². The van der Waals surface area contributed by atoms with E-state index in [-0.39, 0.29) is 6.54 Å². The van der Waals surface area contributed by atoms with Gasteiger partial charge in [-0.15, -0.1) is 0 Å². The number of rotatable bonds is 8. The van der Waals surface area contributed by atoms with Gasteiger partial charge in [-0.05, 0) is 5.56 Å². The number of aliphatic hydroxyl groups is 1. The fraction of sp³-hybridized carbons (Fsp3) is 0.417. The van der Waals surface area contributed by atoms with Gasteiger partial charge in [-0.2, -0.15) is 0 Å². The van der Waals surface area contributed by atoms with Gasteiger partial charge in [0.05, 0.1) is 13.2 Å². The molecule has 0 aromatic heterocycles. The molecule has 0 amide bonds. The molecule has 0 radical (unpaired) electrons. The van der Waals surface area contributed by atoms with Crippen LogP contribution in [-0.4, -0.2) is 42.0 Å². The van der Waals surface area contributed by atoms with E-state index in [2.05, 4.69) is 5.32 Å². The first-order valence-corrected chi connectivity index (χ1v) is 5.43. The first-order valence-electron chi connectivity index (χ1n) is 5.43. The second-order valence-electron chi connectivity index (χ2n) is 3.60. The standard InChI is InChI=1S/C12H17NO4/c14-11(12(15)16)8-13-6-7-17-9-10-4-2-1-3-5-10/h1-5,11,13-14H,6-9H2,(H,15,16). The van der Waals surface area contributed by atoms with E-state index < -0.39 is 12.1 Å². The highest BCUT2D eigenvalue weighted by molar-refractivity contribution is 5.72. The molecule has 0 saturated carbocycles. The third-order valence-electron chi connectivity index (χ3n) is 2.16. The van der Waals surface area contributed by atoms with Crippen LogP contribution in [0.2, 0.25) is 0 Å². The molecular weight excluding hydrogens is 222 g/mol. The monoisotopic (exact) mass is 239 g/mol. The number of aliphatic hydroxyl groups excluding tert-OH is 1. The Hall–Kier alpha value is -1.43. The normalized spacial score (nSPS) is 12.3. The minimum absolute atomic E-state index is 0.0318.